The van der Waals surface area contributed by atoms with Gasteiger partial charge in [0.25, 0.3) is 0 Å². The fraction of sp³-hybridized carbons (Fsp3) is 0.286. The van der Waals surface area contributed by atoms with Crippen molar-refractivity contribution >= 4 is 11.9 Å². The van der Waals surface area contributed by atoms with Gasteiger partial charge in [0, 0.05) is 20.2 Å². The number of carbonyl (C=O) groups is 1. The molecule has 0 atom stereocenters. The first-order chi connectivity index (χ1) is 13.2. The number of hydrogen-bond donors (Lipinski definition) is 0. The Morgan fingerprint density at radius 1 is 1.15 bits per heavy atom. The van der Waals surface area contributed by atoms with Crippen LogP contribution in [0.4, 0.5) is 0 Å². The smallest absolute Gasteiger partial charge is 0.231 e. The van der Waals surface area contributed by atoms with Gasteiger partial charge in [0.2, 0.25) is 5.78 Å². The van der Waals surface area contributed by atoms with Crippen molar-refractivity contribution in [3.63, 3.8) is 0 Å². The van der Waals surface area contributed by atoms with Gasteiger partial charge in [0.05, 0.1) is 24.8 Å². The molecule has 0 saturated heterocycles. The van der Waals surface area contributed by atoms with E-state index in [0.717, 1.165) is 29.2 Å². The zero-order valence-corrected chi connectivity index (χ0v) is 15.4. The summed E-state index contributed by atoms with van der Waals surface area (Å²) >= 11 is 0. The van der Waals surface area contributed by atoms with Gasteiger partial charge >= 0.3 is 0 Å². The molecule has 0 bridgehead atoms. The van der Waals surface area contributed by atoms with E-state index in [9.17, 15) is 4.79 Å². The second-order valence-electron chi connectivity index (χ2n) is 6.45. The summed E-state index contributed by atoms with van der Waals surface area (Å²) in [6, 6.07) is 11.1. The minimum atomic E-state index is -0.113. The number of fused-ring (bicyclic) bond motifs is 3. The van der Waals surface area contributed by atoms with E-state index in [2.05, 4.69) is 4.90 Å². The monoisotopic (exact) mass is 367 g/mol. The fourth-order valence-electron chi connectivity index (χ4n) is 3.22. The van der Waals surface area contributed by atoms with E-state index in [1.54, 1.807) is 26.4 Å². The maximum absolute atomic E-state index is 12.8. The van der Waals surface area contributed by atoms with Crippen LogP contribution < -0.4 is 14.2 Å². The highest BCUT2D eigenvalue weighted by molar-refractivity contribution is 6.15. The van der Waals surface area contributed by atoms with Gasteiger partial charge in [-0.05, 0) is 35.9 Å². The van der Waals surface area contributed by atoms with Crippen LogP contribution >= 0.6 is 0 Å². The molecule has 0 aromatic heterocycles. The number of methoxy groups -OCH3 is 2. The summed E-state index contributed by atoms with van der Waals surface area (Å²) in [5.74, 6) is 2.33. The Hall–Kier alpha value is -2.83. The van der Waals surface area contributed by atoms with Crippen molar-refractivity contribution in [2.75, 3.05) is 34.1 Å². The van der Waals surface area contributed by atoms with Crippen molar-refractivity contribution in [1.29, 1.82) is 0 Å². The second-order valence-corrected chi connectivity index (χ2v) is 6.45. The van der Waals surface area contributed by atoms with Gasteiger partial charge in [-0.2, -0.15) is 0 Å². The fourth-order valence-corrected chi connectivity index (χ4v) is 3.22. The lowest BCUT2D eigenvalue weighted by atomic mass is 10.0. The molecule has 2 aromatic carbocycles. The van der Waals surface area contributed by atoms with E-state index in [1.807, 2.05) is 30.3 Å². The molecular formula is C21H21NO5. The second kappa shape index (κ2) is 7.42. The summed E-state index contributed by atoms with van der Waals surface area (Å²) in [5, 5.41) is 0. The van der Waals surface area contributed by atoms with Crippen LogP contribution in [-0.4, -0.2) is 44.8 Å². The molecule has 0 unspecified atom stereocenters. The van der Waals surface area contributed by atoms with Crippen molar-refractivity contribution in [2.45, 2.75) is 6.54 Å². The normalized spacial score (nSPS) is 17.3. The molecule has 27 heavy (non-hydrogen) atoms. The van der Waals surface area contributed by atoms with Crippen LogP contribution in [0.15, 0.2) is 42.2 Å². The molecule has 0 amide bonds. The van der Waals surface area contributed by atoms with E-state index in [-0.39, 0.29) is 5.78 Å². The van der Waals surface area contributed by atoms with E-state index >= 15 is 0 Å². The molecule has 0 saturated carbocycles. The molecule has 6 nitrogen and oxygen atoms in total. The quantitative estimate of drug-likeness (QED) is 0.757. The van der Waals surface area contributed by atoms with Crippen LogP contribution in [0, 0.1) is 0 Å². The lowest BCUT2D eigenvalue weighted by Crippen LogP contribution is -2.34. The number of nitrogens with zero attached hydrogens (tertiary/aromatic N) is 1. The molecule has 140 valence electrons. The Kier molecular flexibility index (Phi) is 4.83. The molecule has 2 heterocycles. The Bertz CT molecular complexity index is 888. The number of ketones is 1. The summed E-state index contributed by atoms with van der Waals surface area (Å²) in [7, 11) is 3.29. The van der Waals surface area contributed by atoms with Crippen LogP contribution in [0.1, 0.15) is 21.5 Å². The van der Waals surface area contributed by atoms with E-state index < -0.39 is 0 Å². The molecule has 6 heteroatoms. The predicted octanol–water partition coefficient (Wildman–Crippen LogP) is 3.11. The highest BCUT2D eigenvalue weighted by Crippen LogP contribution is 2.42. The van der Waals surface area contributed by atoms with Gasteiger partial charge < -0.3 is 18.9 Å². The zero-order valence-electron chi connectivity index (χ0n) is 15.4. The number of allylic oxidation sites excluding steroid dienone is 1. The highest BCUT2D eigenvalue weighted by atomic mass is 16.5. The molecule has 0 spiro atoms. The number of rotatable bonds is 5. The average molecular weight is 367 g/mol. The molecule has 2 aromatic rings. The topological polar surface area (TPSA) is 57.2 Å². The highest BCUT2D eigenvalue weighted by Gasteiger charge is 2.33. The van der Waals surface area contributed by atoms with Crippen molar-refractivity contribution < 1.29 is 23.7 Å². The van der Waals surface area contributed by atoms with Crippen LogP contribution in [0.2, 0.25) is 0 Å². The van der Waals surface area contributed by atoms with Gasteiger partial charge in [0.15, 0.2) is 5.76 Å². The summed E-state index contributed by atoms with van der Waals surface area (Å²) in [6.45, 7) is 2.53. The van der Waals surface area contributed by atoms with Gasteiger partial charge in [0.1, 0.15) is 24.0 Å². The Morgan fingerprint density at radius 3 is 2.70 bits per heavy atom. The van der Waals surface area contributed by atoms with Crippen LogP contribution in [0.3, 0.4) is 0 Å². The van der Waals surface area contributed by atoms with Crippen LogP contribution in [0.5, 0.6) is 17.2 Å². The van der Waals surface area contributed by atoms with Crippen LogP contribution in [0.25, 0.3) is 6.08 Å². The molecule has 0 radical (unpaired) electrons. The largest absolute Gasteiger partial charge is 0.497 e. The SMILES string of the molecule is COCCN1COc2ccc3c(c2C1)OC(=Cc1ccc(OC)cc1)C3=O. The minimum absolute atomic E-state index is 0.113. The van der Waals surface area contributed by atoms with Crippen molar-refractivity contribution in [2.24, 2.45) is 0 Å². The number of ether oxygens (including phenoxy) is 4. The van der Waals surface area contributed by atoms with Gasteiger partial charge in [-0.1, -0.05) is 12.1 Å². The number of carbonyl (C=O) groups excluding carboxylic acids is 1. The van der Waals surface area contributed by atoms with E-state index in [4.69, 9.17) is 18.9 Å². The molecule has 2 aliphatic heterocycles. The molecule has 2 aliphatic rings. The average Bonchev–Trinajstić information content (AvgIpc) is 3.03. The summed E-state index contributed by atoms with van der Waals surface area (Å²) in [4.78, 5) is 14.9. The minimum Gasteiger partial charge on any atom is -0.497 e. The maximum Gasteiger partial charge on any atom is 0.231 e. The Morgan fingerprint density at radius 2 is 1.96 bits per heavy atom. The van der Waals surface area contributed by atoms with Gasteiger partial charge in [-0.3, -0.25) is 9.69 Å². The zero-order chi connectivity index (χ0) is 18.8. The lowest BCUT2D eigenvalue weighted by molar-refractivity contribution is 0.0646. The number of hydrogen-bond acceptors (Lipinski definition) is 6. The summed E-state index contributed by atoms with van der Waals surface area (Å²) in [6.07, 6.45) is 1.75. The third kappa shape index (κ3) is 3.41. The third-order valence-corrected chi connectivity index (χ3v) is 4.71. The van der Waals surface area contributed by atoms with Crippen LogP contribution in [-0.2, 0) is 11.3 Å². The van der Waals surface area contributed by atoms with Crippen molar-refractivity contribution in [3.8, 4) is 17.2 Å². The Labute approximate surface area is 157 Å². The molecule has 0 N–H and O–H groups in total. The molecule has 0 fully saturated rings. The molecule has 0 aliphatic carbocycles. The molecular weight excluding hydrogens is 346 g/mol. The Balaban J connectivity index is 1.61. The third-order valence-electron chi connectivity index (χ3n) is 4.71. The predicted molar refractivity (Wildman–Crippen MR) is 100 cm³/mol. The van der Waals surface area contributed by atoms with Gasteiger partial charge in [-0.25, -0.2) is 0 Å². The van der Waals surface area contributed by atoms with Gasteiger partial charge in [-0.15, -0.1) is 0 Å². The van der Waals surface area contributed by atoms with Crippen molar-refractivity contribution in [1.82, 2.24) is 4.90 Å². The van der Waals surface area contributed by atoms with E-state index in [0.29, 0.717) is 37.0 Å². The first-order valence-electron chi connectivity index (χ1n) is 8.78. The number of Topliss-reactive ketones (excluding diaryl/α,β-unsaturated/α-hetero) is 1. The number of benzene rings is 2. The van der Waals surface area contributed by atoms with Crippen molar-refractivity contribution in [3.05, 3.63) is 58.8 Å². The lowest BCUT2D eigenvalue weighted by Gasteiger charge is -2.29. The standard InChI is InChI=1S/C21H21NO5/c1-24-10-9-22-12-17-18(26-13-22)8-7-16-20(23)19(27-21(16)17)11-14-3-5-15(25-2)6-4-14/h3-8,11H,9-10,12-13H2,1-2H3. The summed E-state index contributed by atoms with van der Waals surface area (Å²) in [5.41, 5.74) is 2.35. The first kappa shape index (κ1) is 17.6. The maximum atomic E-state index is 12.8. The summed E-state index contributed by atoms with van der Waals surface area (Å²) < 4.78 is 22.1. The first-order valence-corrected chi connectivity index (χ1v) is 8.78. The van der Waals surface area contributed by atoms with E-state index in [1.165, 1.54) is 0 Å². The molecule has 4 rings (SSSR count).